The molecule has 9 aliphatic rings. The Hall–Kier alpha value is -6.78. The number of nitrogens with zero attached hydrogens (tertiary/aromatic N) is 3. The van der Waals surface area contributed by atoms with Gasteiger partial charge in [-0.15, -0.1) is 0 Å². The maximum atomic E-state index is 13.8. The van der Waals surface area contributed by atoms with Crippen molar-refractivity contribution >= 4 is 125 Å². The van der Waals surface area contributed by atoms with E-state index >= 15 is 0 Å². The van der Waals surface area contributed by atoms with Gasteiger partial charge in [0.1, 0.15) is 89.0 Å². The van der Waals surface area contributed by atoms with Crippen LogP contribution in [-0.4, -0.2) is 262 Å². The van der Waals surface area contributed by atoms with Crippen LogP contribution in [0.5, 0.6) is 0 Å². The Morgan fingerprint density at radius 1 is 0.456 bits per heavy atom. The fraction of sp³-hybridized carbons (Fsp3) is 0.636. The third-order valence-corrected chi connectivity index (χ3v) is 30.4. The SMILES string of the molecule is C=C1NC(=O)C=CN1[C@@H]1O[C@H](CO[P@@](=O)(N[C@H](C)C(=O)OC(C)C)SCC2CC(=O)NC2=O)[C@@H](O)[C@@]1(C)O.C=C1NC(=O)C=CN1[C@@H]1O[C@H](CO[P@@](=O)(N[C@H](C)C(=O)OC(C)C)SCC2CC(=O)NC2=O)[C@@H](O)[C@@]1(C)O.C=C1NC(=O)C=CN1[C@@H]1O[C@H](CO[P@](=O)(N[C@H](C)C(=O)OC(C)C)SCC2CC(=O)NC2=O)[C@@H](O)[C@@]1(C)O. The van der Waals surface area contributed by atoms with Crippen molar-refractivity contribution in [2.24, 2.45) is 17.8 Å². The van der Waals surface area contributed by atoms with Crippen molar-refractivity contribution in [3.05, 3.63) is 74.0 Å². The topological polar surface area (TPSA) is 578 Å². The zero-order valence-corrected chi connectivity index (χ0v) is 69.4. The van der Waals surface area contributed by atoms with Crippen LogP contribution in [0.1, 0.15) is 102 Å². The molecule has 48 heteroatoms. The highest BCUT2D eigenvalue weighted by Crippen LogP contribution is 2.60. The highest BCUT2D eigenvalue weighted by Gasteiger charge is 2.59. The minimum Gasteiger partial charge on any atom is -0.462 e. The molecule has 9 aliphatic heterocycles. The maximum Gasteiger partial charge on any atom is 0.327 e. The van der Waals surface area contributed by atoms with E-state index in [9.17, 15) is 102 Å². The lowest BCUT2D eigenvalue weighted by Gasteiger charge is -2.37. The van der Waals surface area contributed by atoms with Crippen LogP contribution in [-0.2, 0) is 113 Å². The molecule has 0 aromatic carbocycles. The van der Waals surface area contributed by atoms with E-state index in [0.717, 1.165) is 34.1 Å². The highest BCUT2D eigenvalue weighted by molar-refractivity contribution is 8.56. The Morgan fingerprint density at radius 3 is 0.877 bits per heavy atom. The second-order valence-electron chi connectivity index (χ2n) is 28.8. The third-order valence-electron chi connectivity index (χ3n) is 17.8. The van der Waals surface area contributed by atoms with Crippen molar-refractivity contribution in [2.75, 3.05) is 37.1 Å². The van der Waals surface area contributed by atoms with Crippen molar-refractivity contribution in [3.63, 3.8) is 0 Å². The summed E-state index contributed by atoms with van der Waals surface area (Å²) < 4.78 is 91.2. The molecule has 0 saturated carbocycles. The average Bonchev–Trinajstić information content (AvgIpc) is 1.62. The first-order valence-electron chi connectivity index (χ1n) is 35.6. The van der Waals surface area contributed by atoms with Gasteiger partial charge in [0.05, 0.1) is 55.9 Å². The number of esters is 3. The van der Waals surface area contributed by atoms with Crippen molar-refractivity contribution in [3.8, 4) is 0 Å². The molecule has 9 heterocycles. The molecule has 9 amide bonds. The average molecular weight is 1730 g/mol. The largest absolute Gasteiger partial charge is 0.462 e. The summed E-state index contributed by atoms with van der Waals surface area (Å²) in [5, 5.41) is 87.1. The number of nitrogens with one attached hydrogen (secondary N) is 9. The zero-order chi connectivity index (χ0) is 85.2. The van der Waals surface area contributed by atoms with Gasteiger partial charge in [-0.25, -0.2) is 15.3 Å². The number of amides is 9. The molecule has 9 rings (SSSR count). The minimum atomic E-state index is -3.96. The second kappa shape index (κ2) is 39.2. The van der Waals surface area contributed by atoms with Gasteiger partial charge in [0, 0.05) is 73.3 Å². The van der Waals surface area contributed by atoms with Gasteiger partial charge in [0.25, 0.3) is 17.7 Å². The first-order chi connectivity index (χ1) is 52.9. The fourth-order valence-corrected chi connectivity index (χ4v) is 23.8. The minimum absolute atomic E-state index is 0.0552. The summed E-state index contributed by atoms with van der Waals surface area (Å²) in [4.78, 5) is 146. The molecule has 0 spiro atoms. The van der Waals surface area contributed by atoms with Crippen LogP contribution >= 0.6 is 54.3 Å². The lowest BCUT2D eigenvalue weighted by atomic mass is 9.96. The molecule has 3 unspecified atom stereocenters. The van der Waals surface area contributed by atoms with Crippen LogP contribution in [0.25, 0.3) is 0 Å². The van der Waals surface area contributed by atoms with E-state index in [1.807, 2.05) is 0 Å². The van der Waals surface area contributed by atoms with E-state index in [0.29, 0.717) is 0 Å². The number of hydrogen-bond acceptors (Lipinski definition) is 36. The van der Waals surface area contributed by atoms with E-state index in [1.165, 1.54) is 93.1 Å². The van der Waals surface area contributed by atoms with Crippen molar-refractivity contribution < 1.29 is 144 Å². The lowest BCUT2D eigenvalue weighted by molar-refractivity contribution is -0.149. The number of carbonyl (C=O) groups is 12. The summed E-state index contributed by atoms with van der Waals surface area (Å²) in [7, 11) is 0. The van der Waals surface area contributed by atoms with Crippen molar-refractivity contribution in [2.45, 2.75) is 211 Å². The monoisotopic (exact) mass is 1730 g/mol. The molecule has 0 aromatic heterocycles. The predicted molar refractivity (Wildman–Crippen MR) is 404 cm³/mol. The molecule has 114 heavy (non-hydrogen) atoms. The van der Waals surface area contributed by atoms with E-state index in [2.05, 4.69) is 66.9 Å². The normalized spacial score (nSPS) is 31.8. The number of imide groups is 3. The molecule has 0 aliphatic carbocycles. The van der Waals surface area contributed by atoms with Gasteiger partial charge in [0.15, 0.2) is 18.7 Å². The highest BCUT2D eigenvalue weighted by atomic mass is 32.7. The van der Waals surface area contributed by atoms with Gasteiger partial charge in [-0.2, -0.15) is 0 Å². The summed E-state index contributed by atoms with van der Waals surface area (Å²) in [5.74, 6) is -8.21. The molecule has 0 bridgehead atoms. The van der Waals surface area contributed by atoms with E-state index in [4.69, 9.17) is 42.0 Å². The summed E-state index contributed by atoms with van der Waals surface area (Å²) in [5.41, 5.74) is -5.57. The molecular formula is C66H99N12O30P3S3. The summed E-state index contributed by atoms with van der Waals surface area (Å²) in [6.07, 6.45) is -5.47. The van der Waals surface area contributed by atoms with Crippen LogP contribution < -0.4 is 47.2 Å². The van der Waals surface area contributed by atoms with Crippen LogP contribution in [0.4, 0.5) is 0 Å². The van der Waals surface area contributed by atoms with Gasteiger partial charge in [0.2, 0.25) is 35.4 Å². The first-order valence-corrected chi connectivity index (χ1v) is 45.2. The lowest BCUT2D eigenvalue weighted by Crippen LogP contribution is -2.53. The molecule has 6 fully saturated rings. The van der Waals surface area contributed by atoms with Crippen LogP contribution in [0.3, 0.4) is 0 Å². The molecular weight excluding hydrogens is 1630 g/mol. The predicted octanol–water partition coefficient (Wildman–Crippen LogP) is -0.929. The van der Waals surface area contributed by atoms with Gasteiger partial charge in [-0.1, -0.05) is 53.9 Å². The Balaban J connectivity index is 0.000000237. The Morgan fingerprint density at radius 2 is 0.684 bits per heavy atom. The number of aliphatic hydroxyl groups excluding tert-OH is 3. The van der Waals surface area contributed by atoms with Gasteiger partial charge in [-0.3, -0.25) is 87.2 Å². The zero-order valence-electron chi connectivity index (χ0n) is 64.2. The van der Waals surface area contributed by atoms with Crippen molar-refractivity contribution in [1.82, 2.24) is 61.9 Å². The number of carbonyl (C=O) groups excluding carboxylic acids is 12. The van der Waals surface area contributed by atoms with Crippen molar-refractivity contribution in [1.29, 1.82) is 0 Å². The molecule has 636 valence electrons. The fourth-order valence-electron chi connectivity index (χ4n) is 11.8. The summed E-state index contributed by atoms with van der Waals surface area (Å²) >= 11 is 2.17. The molecule has 6 saturated heterocycles. The quantitative estimate of drug-likeness (QED) is 0.0163. The molecule has 15 N–H and O–H groups in total. The number of hydrogen-bond donors (Lipinski definition) is 15. The smallest absolute Gasteiger partial charge is 0.327 e. The van der Waals surface area contributed by atoms with E-state index in [1.54, 1.807) is 41.5 Å². The van der Waals surface area contributed by atoms with Crippen LogP contribution in [0.2, 0.25) is 0 Å². The summed E-state index contributed by atoms with van der Waals surface area (Å²) in [6.45, 7) is 16.0. The molecule has 21 atom stereocenters. The Kier molecular flexibility index (Phi) is 32.4. The molecule has 0 aromatic rings. The van der Waals surface area contributed by atoms with Crippen LogP contribution in [0.15, 0.2) is 74.0 Å². The maximum absolute atomic E-state index is 13.8. The summed E-state index contributed by atoms with van der Waals surface area (Å²) in [6, 6.07) is -3.19. The molecule has 0 radical (unpaired) electrons. The number of rotatable bonds is 33. The van der Waals surface area contributed by atoms with Crippen LogP contribution in [0, 0.1) is 17.8 Å². The van der Waals surface area contributed by atoms with E-state index in [-0.39, 0.29) is 54.0 Å². The number of aliphatic hydroxyl groups is 6. The van der Waals surface area contributed by atoms with Gasteiger partial charge >= 0.3 is 38.1 Å². The number of ether oxygens (including phenoxy) is 6. The van der Waals surface area contributed by atoms with Gasteiger partial charge in [-0.05, 0) is 83.1 Å². The van der Waals surface area contributed by atoms with Gasteiger partial charge < -0.3 is 103 Å². The Labute approximate surface area is 667 Å². The first kappa shape index (κ1) is 94.4. The standard InChI is InChI=1S/3C22H33N4O10PS/c3*1-11(2)35-20(31)12(3)25-37(33,38-10-14-8-17(28)24-19(14)30)34-9-15-18(29)22(5,32)21(36-15)26-7-6-16(27)23-13(26)4/h3*6-7,11-12,14-15,18,21,29,32H,4,8-10H2,1-3,5H3,(H,23,27)(H,25,33)(H,24,28,30)/t2*12-,14?,15-,18-,21-,22-,37+;12-,14?,15-,18-,21-,22-,37-/m111/s1. The second-order valence-corrected chi connectivity index (χ2v) is 41.7. The Bertz CT molecular complexity index is 3590. The van der Waals surface area contributed by atoms with E-state index < -0.39 is 237 Å². The molecule has 42 nitrogen and oxygen atoms in total. The third kappa shape index (κ3) is 24.7.